The van der Waals surface area contributed by atoms with Crippen molar-refractivity contribution in [2.75, 3.05) is 6.61 Å². The van der Waals surface area contributed by atoms with Gasteiger partial charge in [0, 0.05) is 18.9 Å². The van der Waals surface area contributed by atoms with E-state index in [0.717, 1.165) is 19.4 Å². The van der Waals surface area contributed by atoms with Gasteiger partial charge >= 0.3 is 0 Å². The molecular weight excluding hydrogens is 176 g/mol. The monoisotopic (exact) mass is 198 g/mol. The zero-order chi connectivity index (χ0) is 10.8. The maximum atomic E-state index is 11.6. The molecule has 0 aromatic heterocycles. The van der Waals surface area contributed by atoms with E-state index in [2.05, 4.69) is 13.8 Å². The second-order valence-corrected chi connectivity index (χ2v) is 4.88. The average Bonchev–Trinajstić information content (AvgIpc) is 2.09. The molecule has 2 nitrogen and oxygen atoms in total. The van der Waals surface area contributed by atoms with E-state index in [9.17, 15) is 4.79 Å². The second kappa shape index (κ2) is 4.43. The summed E-state index contributed by atoms with van der Waals surface area (Å²) in [6.07, 6.45) is 2.86. The molecule has 0 saturated heterocycles. The molecule has 1 aliphatic rings. The van der Waals surface area contributed by atoms with Crippen LogP contribution >= 0.6 is 0 Å². The van der Waals surface area contributed by atoms with Gasteiger partial charge in [-0.25, -0.2) is 0 Å². The van der Waals surface area contributed by atoms with Crippen molar-refractivity contribution in [3.63, 3.8) is 0 Å². The lowest BCUT2D eigenvalue weighted by atomic mass is 9.74. The van der Waals surface area contributed by atoms with E-state index in [4.69, 9.17) is 4.74 Å². The summed E-state index contributed by atoms with van der Waals surface area (Å²) in [5.41, 5.74) is -0.134. The zero-order valence-corrected chi connectivity index (χ0v) is 9.80. The lowest BCUT2D eigenvalue weighted by molar-refractivity contribution is -0.131. The Morgan fingerprint density at radius 2 is 2.07 bits per heavy atom. The van der Waals surface area contributed by atoms with Crippen LogP contribution in [0.4, 0.5) is 0 Å². The molecule has 2 atom stereocenters. The van der Waals surface area contributed by atoms with Crippen molar-refractivity contribution in [3.05, 3.63) is 0 Å². The van der Waals surface area contributed by atoms with E-state index in [0.29, 0.717) is 18.1 Å². The summed E-state index contributed by atoms with van der Waals surface area (Å²) in [6, 6.07) is 0. The lowest BCUT2D eigenvalue weighted by Crippen LogP contribution is -2.39. The first-order valence-corrected chi connectivity index (χ1v) is 5.64. The highest BCUT2D eigenvalue weighted by Crippen LogP contribution is 2.35. The largest absolute Gasteiger partial charge is 0.376 e. The average molecular weight is 198 g/mol. The molecule has 0 heterocycles. The van der Waals surface area contributed by atoms with Gasteiger partial charge in [0.15, 0.2) is 0 Å². The highest BCUT2D eigenvalue weighted by molar-refractivity contribution is 5.81. The fourth-order valence-electron chi connectivity index (χ4n) is 2.24. The minimum atomic E-state index is -0.134. The number of carbonyl (C=O) groups is 1. The summed E-state index contributed by atoms with van der Waals surface area (Å²) in [7, 11) is 0. The molecule has 0 aromatic rings. The Kier molecular flexibility index (Phi) is 3.71. The Morgan fingerprint density at radius 1 is 1.43 bits per heavy atom. The smallest absolute Gasteiger partial charge is 0.136 e. The molecule has 14 heavy (non-hydrogen) atoms. The molecule has 1 saturated carbocycles. The summed E-state index contributed by atoms with van der Waals surface area (Å²) in [6.45, 7) is 8.98. The Hall–Kier alpha value is -0.370. The third-order valence-electron chi connectivity index (χ3n) is 3.44. The predicted octanol–water partition coefficient (Wildman–Crippen LogP) is 2.81. The zero-order valence-electron chi connectivity index (χ0n) is 9.80. The van der Waals surface area contributed by atoms with Crippen LogP contribution in [0.2, 0.25) is 0 Å². The SMILES string of the molecule is CCOC(C)(C)C1CCC(C)C(=O)C1. The van der Waals surface area contributed by atoms with Crippen molar-refractivity contribution in [3.8, 4) is 0 Å². The van der Waals surface area contributed by atoms with Gasteiger partial charge in [-0.15, -0.1) is 0 Å². The number of ether oxygens (including phenoxy) is 1. The third kappa shape index (κ3) is 2.57. The van der Waals surface area contributed by atoms with E-state index >= 15 is 0 Å². The molecule has 2 unspecified atom stereocenters. The van der Waals surface area contributed by atoms with E-state index < -0.39 is 0 Å². The Morgan fingerprint density at radius 3 is 2.57 bits per heavy atom. The highest BCUT2D eigenvalue weighted by atomic mass is 16.5. The second-order valence-electron chi connectivity index (χ2n) is 4.88. The molecule has 1 fully saturated rings. The van der Waals surface area contributed by atoms with Gasteiger partial charge in [0.25, 0.3) is 0 Å². The molecule has 0 aromatic carbocycles. The van der Waals surface area contributed by atoms with Gasteiger partial charge in [0.05, 0.1) is 5.60 Å². The first-order valence-electron chi connectivity index (χ1n) is 5.64. The van der Waals surface area contributed by atoms with Crippen LogP contribution in [0.3, 0.4) is 0 Å². The normalized spacial score (nSPS) is 29.3. The molecule has 1 aliphatic carbocycles. The van der Waals surface area contributed by atoms with E-state index in [-0.39, 0.29) is 11.5 Å². The fraction of sp³-hybridized carbons (Fsp3) is 0.917. The van der Waals surface area contributed by atoms with Crippen molar-refractivity contribution in [2.45, 2.75) is 52.6 Å². The Balaban J connectivity index is 2.57. The van der Waals surface area contributed by atoms with Gasteiger partial charge in [-0.1, -0.05) is 6.92 Å². The minimum absolute atomic E-state index is 0.134. The van der Waals surface area contributed by atoms with Crippen LogP contribution < -0.4 is 0 Å². The Bertz CT molecular complexity index is 208. The number of Topliss-reactive ketones (excluding diaryl/α,β-unsaturated/α-hetero) is 1. The van der Waals surface area contributed by atoms with Gasteiger partial charge in [0.2, 0.25) is 0 Å². The fourth-order valence-corrected chi connectivity index (χ4v) is 2.24. The van der Waals surface area contributed by atoms with Crippen molar-refractivity contribution < 1.29 is 9.53 Å². The summed E-state index contributed by atoms with van der Waals surface area (Å²) < 4.78 is 5.70. The van der Waals surface area contributed by atoms with Crippen LogP contribution in [-0.2, 0) is 9.53 Å². The molecule has 0 radical (unpaired) electrons. The van der Waals surface area contributed by atoms with Gasteiger partial charge in [-0.2, -0.15) is 0 Å². The van der Waals surface area contributed by atoms with Crippen LogP contribution in [0.25, 0.3) is 0 Å². The standard InChI is InChI=1S/C12H22O2/c1-5-14-12(3,4)10-7-6-9(2)11(13)8-10/h9-10H,5-8H2,1-4H3. The summed E-state index contributed by atoms with van der Waals surface area (Å²) in [4.78, 5) is 11.6. The first-order chi connectivity index (χ1) is 6.47. The maximum Gasteiger partial charge on any atom is 0.136 e. The van der Waals surface area contributed by atoms with Gasteiger partial charge in [0.1, 0.15) is 5.78 Å². The van der Waals surface area contributed by atoms with Gasteiger partial charge < -0.3 is 4.74 Å². The molecular formula is C12H22O2. The summed E-state index contributed by atoms with van der Waals surface area (Å²) in [5.74, 6) is 1.09. The number of hydrogen-bond donors (Lipinski definition) is 0. The number of hydrogen-bond acceptors (Lipinski definition) is 2. The van der Waals surface area contributed by atoms with Crippen LogP contribution in [0.1, 0.15) is 47.0 Å². The molecule has 82 valence electrons. The summed E-state index contributed by atoms with van der Waals surface area (Å²) >= 11 is 0. The van der Waals surface area contributed by atoms with Crippen LogP contribution in [-0.4, -0.2) is 18.0 Å². The van der Waals surface area contributed by atoms with E-state index in [1.807, 2.05) is 13.8 Å². The van der Waals surface area contributed by atoms with E-state index in [1.165, 1.54) is 0 Å². The topological polar surface area (TPSA) is 26.3 Å². The van der Waals surface area contributed by atoms with Gasteiger partial charge in [-0.3, -0.25) is 4.79 Å². The predicted molar refractivity (Wildman–Crippen MR) is 57.2 cm³/mol. The number of ketones is 1. The first kappa shape index (κ1) is 11.7. The van der Waals surface area contributed by atoms with Crippen LogP contribution in [0.5, 0.6) is 0 Å². The lowest BCUT2D eigenvalue weighted by Gasteiger charge is -2.37. The molecule has 0 spiro atoms. The quantitative estimate of drug-likeness (QED) is 0.697. The van der Waals surface area contributed by atoms with Crippen molar-refractivity contribution in [1.82, 2.24) is 0 Å². The highest BCUT2D eigenvalue weighted by Gasteiger charge is 2.36. The van der Waals surface area contributed by atoms with Crippen LogP contribution in [0, 0.1) is 11.8 Å². The molecule has 0 N–H and O–H groups in total. The maximum absolute atomic E-state index is 11.6. The van der Waals surface area contributed by atoms with Crippen molar-refractivity contribution in [1.29, 1.82) is 0 Å². The van der Waals surface area contributed by atoms with E-state index in [1.54, 1.807) is 0 Å². The molecule has 0 aliphatic heterocycles. The molecule has 1 rings (SSSR count). The number of carbonyl (C=O) groups excluding carboxylic acids is 1. The Labute approximate surface area is 87.0 Å². The molecule has 2 heteroatoms. The molecule has 0 amide bonds. The molecule has 0 bridgehead atoms. The minimum Gasteiger partial charge on any atom is -0.376 e. The van der Waals surface area contributed by atoms with Crippen molar-refractivity contribution >= 4 is 5.78 Å². The van der Waals surface area contributed by atoms with Gasteiger partial charge in [-0.05, 0) is 39.5 Å². The van der Waals surface area contributed by atoms with Crippen molar-refractivity contribution in [2.24, 2.45) is 11.8 Å². The third-order valence-corrected chi connectivity index (χ3v) is 3.44. The van der Waals surface area contributed by atoms with Crippen LogP contribution in [0.15, 0.2) is 0 Å². The summed E-state index contributed by atoms with van der Waals surface area (Å²) in [5, 5.41) is 0. The number of rotatable bonds is 3.